The molecule has 0 atom stereocenters. The van der Waals surface area contributed by atoms with Crippen LogP contribution in [0.5, 0.6) is 0 Å². The highest BCUT2D eigenvalue weighted by atomic mass is 28.3. The smallest absolute Gasteiger partial charge is 0.142 e. The molecule has 12 heavy (non-hydrogen) atoms. The van der Waals surface area contributed by atoms with Crippen LogP contribution in [-0.4, -0.2) is 14.7 Å². The summed E-state index contributed by atoms with van der Waals surface area (Å²) in [7, 11) is -1.24. The summed E-state index contributed by atoms with van der Waals surface area (Å²) >= 11 is 0. The van der Waals surface area contributed by atoms with Crippen molar-refractivity contribution in [1.29, 1.82) is 0 Å². The molecule has 0 heterocycles. The van der Waals surface area contributed by atoms with E-state index in [1.165, 1.54) is 18.1 Å². The van der Waals surface area contributed by atoms with Crippen LogP contribution in [0.3, 0.4) is 0 Å². The van der Waals surface area contributed by atoms with E-state index in [-0.39, 0.29) is 0 Å². The third-order valence-corrected chi connectivity index (χ3v) is 7.26. The summed E-state index contributed by atoms with van der Waals surface area (Å²) in [6.07, 6.45) is 2.84. The molecule has 0 unspecified atom stereocenters. The number of hydrogen-bond donors (Lipinski definition) is 0. The Morgan fingerprint density at radius 2 is 1.50 bits per heavy atom. The van der Waals surface area contributed by atoms with Gasteiger partial charge in [0.25, 0.3) is 0 Å². The molecule has 0 saturated heterocycles. The van der Waals surface area contributed by atoms with Crippen molar-refractivity contribution in [3.05, 3.63) is 0 Å². The van der Waals surface area contributed by atoms with Crippen molar-refractivity contribution in [3.63, 3.8) is 0 Å². The first kappa shape index (κ1) is 11.6. The molecule has 0 amide bonds. The Morgan fingerprint density at radius 3 is 1.83 bits per heavy atom. The van der Waals surface area contributed by atoms with Gasteiger partial charge in [0.05, 0.1) is 6.61 Å². The molecule has 0 fully saturated rings. The molecule has 2 heteroatoms. The average molecular weight is 184 g/mol. The minimum absolute atomic E-state index is 0.703. The maximum Gasteiger partial charge on any atom is 0.142 e. The van der Waals surface area contributed by atoms with E-state index in [9.17, 15) is 0 Å². The van der Waals surface area contributed by atoms with Gasteiger partial charge in [-0.15, -0.1) is 0 Å². The maximum atomic E-state index is 5.07. The van der Waals surface area contributed by atoms with Gasteiger partial charge < -0.3 is 4.74 Å². The molecule has 1 nitrogen and oxygen atoms in total. The Balaban J connectivity index is 4.22. The molecular weight excluding hydrogens is 164 g/mol. The summed E-state index contributed by atoms with van der Waals surface area (Å²) in [5.41, 5.74) is 3.35. The lowest BCUT2D eigenvalue weighted by atomic mass is 10.9. The van der Waals surface area contributed by atoms with Crippen LogP contribution in [0.25, 0.3) is 0 Å². The molecule has 0 aliphatic heterocycles. The van der Waals surface area contributed by atoms with Gasteiger partial charge >= 0.3 is 0 Å². The summed E-state index contributed by atoms with van der Waals surface area (Å²) in [5, 5.41) is 0. The van der Waals surface area contributed by atoms with Crippen molar-refractivity contribution >= 4 is 8.07 Å². The van der Waals surface area contributed by atoms with Gasteiger partial charge in [-0.05, 0) is 25.1 Å². The second-order valence-electron chi connectivity index (χ2n) is 3.00. The highest BCUT2D eigenvalue weighted by molar-refractivity contribution is 6.87. The van der Waals surface area contributed by atoms with Crippen molar-refractivity contribution in [2.24, 2.45) is 0 Å². The maximum absolute atomic E-state index is 5.07. The largest absolute Gasteiger partial charge is 0.447 e. The van der Waals surface area contributed by atoms with Crippen molar-refractivity contribution in [2.75, 3.05) is 6.61 Å². The second kappa shape index (κ2) is 6.13. The zero-order chi connectivity index (χ0) is 9.45. The first-order chi connectivity index (χ1) is 5.74. The fourth-order valence-corrected chi connectivity index (χ4v) is 3.55. The summed E-state index contributed by atoms with van der Waals surface area (Å²) < 4.78 is 5.07. The molecule has 0 spiro atoms. The zero-order valence-corrected chi connectivity index (χ0v) is 9.74. The Kier molecular flexibility index (Phi) is 5.92. The summed E-state index contributed by atoms with van der Waals surface area (Å²) in [4.78, 5) is 0. The lowest BCUT2D eigenvalue weighted by Crippen LogP contribution is -2.29. The fourth-order valence-electron chi connectivity index (χ4n) is 1.23. The van der Waals surface area contributed by atoms with Gasteiger partial charge in [-0.3, -0.25) is 0 Å². The third-order valence-electron chi connectivity index (χ3n) is 2.56. The third kappa shape index (κ3) is 3.32. The molecule has 0 aromatic heterocycles. The van der Waals surface area contributed by atoms with E-state index in [1.54, 1.807) is 0 Å². The van der Waals surface area contributed by atoms with Gasteiger partial charge in [-0.25, -0.2) is 0 Å². The highest BCUT2D eigenvalue weighted by Crippen LogP contribution is 2.18. The van der Waals surface area contributed by atoms with E-state index in [2.05, 4.69) is 32.4 Å². The lowest BCUT2D eigenvalue weighted by Gasteiger charge is -2.19. The monoisotopic (exact) mass is 184 g/mol. The molecule has 0 aliphatic carbocycles. The molecule has 0 aromatic carbocycles. The molecular formula is C10H20OSi. The van der Waals surface area contributed by atoms with Crippen LogP contribution in [0.15, 0.2) is 0 Å². The quantitative estimate of drug-likeness (QED) is 0.482. The molecule has 70 valence electrons. The van der Waals surface area contributed by atoms with Crippen LogP contribution >= 0.6 is 0 Å². The second-order valence-corrected chi connectivity index (χ2v) is 7.93. The standard InChI is InChI=1S/C10H20OSi/c1-5-11-9-10-12(6-2,7-3)8-4/h5-8H2,1-4H3. The van der Waals surface area contributed by atoms with Crippen molar-refractivity contribution in [2.45, 2.75) is 45.8 Å². The van der Waals surface area contributed by atoms with E-state index in [0.29, 0.717) is 6.61 Å². The molecule has 0 aliphatic rings. The van der Waals surface area contributed by atoms with Gasteiger partial charge in [-0.2, -0.15) is 0 Å². The Hall–Kier alpha value is -0.423. The van der Waals surface area contributed by atoms with Crippen LogP contribution in [0.4, 0.5) is 0 Å². The van der Waals surface area contributed by atoms with Crippen LogP contribution in [-0.2, 0) is 4.74 Å². The Labute approximate surface area is 77.5 Å². The topological polar surface area (TPSA) is 9.23 Å². The van der Waals surface area contributed by atoms with Crippen LogP contribution < -0.4 is 0 Å². The first-order valence-electron chi connectivity index (χ1n) is 4.88. The van der Waals surface area contributed by atoms with Gasteiger partial charge in [0.2, 0.25) is 0 Å². The lowest BCUT2D eigenvalue weighted by molar-refractivity contribution is 0.299. The SMILES string of the molecule is CCOC#C[Si](CC)(CC)CC. The number of hydrogen-bond acceptors (Lipinski definition) is 1. The number of ether oxygens (including phenoxy) is 1. The van der Waals surface area contributed by atoms with Crippen LogP contribution in [0.1, 0.15) is 27.7 Å². The first-order valence-corrected chi connectivity index (χ1v) is 7.50. The Bertz CT molecular complexity index is 154. The van der Waals surface area contributed by atoms with E-state index in [1.807, 2.05) is 6.92 Å². The molecule has 0 aromatic rings. The van der Waals surface area contributed by atoms with E-state index in [4.69, 9.17) is 4.74 Å². The van der Waals surface area contributed by atoms with Crippen LogP contribution in [0, 0.1) is 11.7 Å². The predicted molar refractivity (Wildman–Crippen MR) is 56.6 cm³/mol. The summed E-state index contributed by atoms with van der Waals surface area (Å²) in [6, 6.07) is 3.75. The summed E-state index contributed by atoms with van der Waals surface area (Å²) in [6.45, 7) is 9.43. The van der Waals surface area contributed by atoms with Crippen molar-refractivity contribution in [1.82, 2.24) is 0 Å². The van der Waals surface area contributed by atoms with E-state index < -0.39 is 8.07 Å². The van der Waals surface area contributed by atoms with Gasteiger partial charge in [0, 0.05) is 0 Å². The van der Waals surface area contributed by atoms with Gasteiger partial charge in [0.15, 0.2) is 0 Å². The summed E-state index contributed by atoms with van der Waals surface area (Å²) in [5.74, 6) is 0. The van der Waals surface area contributed by atoms with E-state index >= 15 is 0 Å². The molecule has 0 N–H and O–H groups in total. The molecule has 0 saturated carbocycles. The average Bonchev–Trinajstić information content (AvgIpc) is 2.14. The fraction of sp³-hybridized carbons (Fsp3) is 0.800. The molecule has 0 radical (unpaired) electrons. The Morgan fingerprint density at radius 1 is 1.00 bits per heavy atom. The van der Waals surface area contributed by atoms with Gasteiger partial charge in [-0.1, -0.05) is 26.3 Å². The number of rotatable bonds is 4. The minimum atomic E-state index is -1.24. The van der Waals surface area contributed by atoms with Crippen molar-refractivity contribution < 1.29 is 4.74 Å². The highest BCUT2D eigenvalue weighted by Gasteiger charge is 2.24. The molecule has 0 bridgehead atoms. The zero-order valence-electron chi connectivity index (χ0n) is 8.74. The normalized spacial score (nSPS) is 10.3. The predicted octanol–water partition coefficient (Wildman–Crippen LogP) is 3.03. The van der Waals surface area contributed by atoms with Crippen molar-refractivity contribution in [3.8, 4) is 11.7 Å². The van der Waals surface area contributed by atoms with E-state index in [0.717, 1.165) is 0 Å². The molecule has 0 rings (SSSR count). The van der Waals surface area contributed by atoms with Crippen LogP contribution in [0.2, 0.25) is 18.1 Å². The minimum Gasteiger partial charge on any atom is -0.447 e. The van der Waals surface area contributed by atoms with Gasteiger partial charge in [0.1, 0.15) is 14.2 Å².